The van der Waals surface area contributed by atoms with E-state index in [4.69, 9.17) is 0 Å². The Hall–Kier alpha value is -3.53. The van der Waals surface area contributed by atoms with Crippen LogP contribution < -0.4 is 10.6 Å². The van der Waals surface area contributed by atoms with Crippen molar-refractivity contribution in [2.45, 2.75) is 31.1 Å². The van der Waals surface area contributed by atoms with Crippen LogP contribution in [0.1, 0.15) is 53.3 Å². The molecule has 3 nitrogen and oxygen atoms in total. The van der Waals surface area contributed by atoms with E-state index in [-0.39, 0.29) is 30.1 Å². The fourth-order valence-corrected chi connectivity index (χ4v) is 6.32. The number of Topliss-reactive ketones (excluding diaryl/α,β-unsaturated/α-hetero) is 1. The second kappa shape index (κ2) is 8.92. The lowest BCUT2D eigenvalue weighted by molar-refractivity contribution is -0.150. The van der Waals surface area contributed by atoms with Crippen LogP contribution in [0.4, 0.5) is 0 Å². The third-order valence-electron chi connectivity index (χ3n) is 8.03. The summed E-state index contributed by atoms with van der Waals surface area (Å²) in [5.41, 5.74) is 3.92. The molecule has 4 aromatic carbocycles. The van der Waals surface area contributed by atoms with Gasteiger partial charge in [0, 0.05) is 24.2 Å². The van der Waals surface area contributed by atoms with Gasteiger partial charge in [0.1, 0.15) is 5.78 Å². The highest BCUT2D eigenvalue weighted by atomic mass is 16.1. The standard InChI is InChI=1S/C32H30N2O/c1-32-29(24-18-10-4-11-19-24)33-27(22-14-6-2-7-15-22)26(31(32)35)28(23-16-8-3-9-17-23)34-30(32)25-20-12-5-13-21-25/h2-21,26-30,33-34H,1H3/t26?,27-,28?,29+,30?,32?/m0/s1. The van der Waals surface area contributed by atoms with Crippen LogP contribution in [0.5, 0.6) is 0 Å². The molecule has 174 valence electrons. The van der Waals surface area contributed by atoms with Crippen LogP contribution in [0.25, 0.3) is 0 Å². The first-order valence-electron chi connectivity index (χ1n) is 12.4. The van der Waals surface area contributed by atoms with E-state index in [0.717, 1.165) is 22.3 Å². The van der Waals surface area contributed by atoms with Crippen LogP contribution >= 0.6 is 0 Å². The topological polar surface area (TPSA) is 41.1 Å². The summed E-state index contributed by atoms with van der Waals surface area (Å²) in [4.78, 5) is 14.8. The molecule has 2 N–H and O–H groups in total. The van der Waals surface area contributed by atoms with Crippen LogP contribution in [0, 0.1) is 11.3 Å². The van der Waals surface area contributed by atoms with Crippen molar-refractivity contribution in [1.29, 1.82) is 0 Å². The van der Waals surface area contributed by atoms with Crippen molar-refractivity contribution in [3.05, 3.63) is 144 Å². The molecule has 3 heteroatoms. The molecule has 2 aliphatic heterocycles. The summed E-state index contributed by atoms with van der Waals surface area (Å²) in [7, 11) is 0. The van der Waals surface area contributed by atoms with Crippen LogP contribution in [0.2, 0.25) is 0 Å². The van der Waals surface area contributed by atoms with Crippen molar-refractivity contribution >= 4 is 5.78 Å². The first-order valence-corrected chi connectivity index (χ1v) is 12.4. The molecule has 6 rings (SSSR count). The van der Waals surface area contributed by atoms with Crippen molar-refractivity contribution in [2.75, 3.05) is 0 Å². The van der Waals surface area contributed by atoms with Crippen molar-refractivity contribution < 1.29 is 4.79 Å². The Bertz CT molecular complexity index is 1200. The number of fused-ring (bicyclic) bond motifs is 2. The molecule has 0 aliphatic carbocycles. The fraction of sp³-hybridized carbons (Fsp3) is 0.219. The van der Waals surface area contributed by atoms with E-state index in [0.29, 0.717) is 5.78 Å². The maximum Gasteiger partial charge on any atom is 0.149 e. The minimum absolute atomic E-state index is 0.101. The van der Waals surface area contributed by atoms with Gasteiger partial charge < -0.3 is 10.6 Å². The predicted octanol–water partition coefficient (Wildman–Crippen LogP) is 6.35. The van der Waals surface area contributed by atoms with Gasteiger partial charge in [-0.15, -0.1) is 0 Å². The SMILES string of the molecule is CC12C(=O)C(C(c3ccccc3)NC1c1ccccc1)[C@H](c1ccccc1)N[C@@H]2c1ccccc1. The Morgan fingerprint density at radius 2 is 0.829 bits per heavy atom. The monoisotopic (exact) mass is 458 g/mol. The molecule has 35 heavy (non-hydrogen) atoms. The molecule has 2 fully saturated rings. The first-order chi connectivity index (χ1) is 17.2. The van der Waals surface area contributed by atoms with Crippen LogP contribution in [-0.2, 0) is 4.79 Å². The zero-order chi connectivity index (χ0) is 23.8. The molecular formula is C32H30N2O. The van der Waals surface area contributed by atoms with Gasteiger partial charge in [-0.1, -0.05) is 121 Å². The molecular weight excluding hydrogens is 428 g/mol. The number of benzene rings is 4. The third kappa shape index (κ3) is 3.63. The minimum atomic E-state index is -0.663. The lowest BCUT2D eigenvalue weighted by Gasteiger charge is -2.58. The zero-order valence-electron chi connectivity index (χ0n) is 19.8. The number of piperidine rings is 2. The summed E-state index contributed by atoms with van der Waals surface area (Å²) in [5.74, 6) is 0.0881. The van der Waals surface area contributed by atoms with Gasteiger partial charge in [0.05, 0.1) is 11.3 Å². The summed E-state index contributed by atoms with van der Waals surface area (Å²) >= 11 is 0. The van der Waals surface area contributed by atoms with E-state index in [9.17, 15) is 4.79 Å². The largest absolute Gasteiger partial charge is 0.301 e. The van der Waals surface area contributed by atoms with Gasteiger partial charge in [0.25, 0.3) is 0 Å². The van der Waals surface area contributed by atoms with E-state index in [2.05, 4.69) is 115 Å². The Balaban J connectivity index is 1.56. The molecule has 2 aliphatic rings. The van der Waals surface area contributed by atoms with Gasteiger partial charge in [-0.05, 0) is 29.2 Å². The molecule has 0 spiro atoms. The minimum Gasteiger partial charge on any atom is -0.301 e. The van der Waals surface area contributed by atoms with E-state index >= 15 is 0 Å². The van der Waals surface area contributed by atoms with Gasteiger partial charge in [-0.3, -0.25) is 4.79 Å². The number of nitrogens with one attached hydrogen (secondary N) is 2. The Morgan fingerprint density at radius 3 is 1.17 bits per heavy atom. The van der Waals surface area contributed by atoms with Crippen molar-refractivity contribution in [3.8, 4) is 0 Å². The Labute approximate surface area is 207 Å². The van der Waals surface area contributed by atoms with Crippen LogP contribution in [0.3, 0.4) is 0 Å². The quantitative estimate of drug-likeness (QED) is 0.374. The summed E-state index contributed by atoms with van der Waals surface area (Å²) in [6.45, 7) is 2.15. The van der Waals surface area contributed by atoms with Gasteiger partial charge in [0.2, 0.25) is 0 Å². The summed E-state index contributed by atoms with van der Waals surface area (Å²) < 4.78 is 0. The lowest BCUT2D eigenvalue weighted by atomic mass is 9.56. The van der Waals surface area contributed by atoms with Gasteiger partial charge in [0.15, 0.2) is 0 Å². The second-order valence-electron chi connectivity index (χ2n) is 9.97. The lowest BCUT2D eigenvalue weighted by Crippen LogP contribution is -2.65. The number of ketones is 1. The summed E-state index contributed by atoms with van der Waals surface area (Å²) in [6, 6.07) is 41.3. The zero-order valence-corrected chi connectivity index (χ0v) is 19.8. The number of hydrogen-bond acceptors (Lipinski definition) is 3. The fourth-order valence-electron chi connectivity index (χ4n) is 6.32. The highest BCUT2D eigenvalue weighted by Crippen LogP contribution is 2.58. The van der Waals surface area contributed by atoms with Crippen molar-refractivity contribution in [3.63, 3.8) is 0 Å². The second-order valence-corrected chi connectivity index (χ2v) is 9.97. The Kier molecular flexibility index (Phi) is 5.60. The summed E-state index contributed by atoms with van der Waals surface area (Å²) in [6.07, 6.45) is 0. The Morgan fingerprint density at radius 1 is 0.514 bits per heavy atom. The third-order valence-corrected chi connectivity index (χ3v) is 8.03. The molecule has 4 unspecified atom stereocenters. The average molecular weight is 459 g/mol. The number of carbonyl (C=O) groups is 1. The molecule has 0 aromatic heterocycles. The van der Waals surface area contributed by atoms with E-state index in [1.807, 2.05) is 24.3 Å². The van der Waals surface area contributed by atoms with Crippen molar-refractivity contribution in [2.24, 2.45) is 11.3 Å². The number of rotatable bonds is 4. The van der Waals surface area contributed by atoms with Gasteiger partial charge in [-0.25, -0.2) is 0 Å². The molecule has 2 bridgehead atoms. The maximum atomic E-state index is 14.8. The normalized spacial score (nSPS) is 30.1. The van der Waals surface area contributed by atoms with E-state index in [1.165, 1.54) is 0 Å². The molecule has 6 atom stereocenters. The van der Waals surface area contributed by atoms with Crippen LogP contribution in [0.15, 0.2) is 121 Å². The predicted molar refractivity (Wildman–Crippen MR) is 140 cm³/mol. The molecule has 2 saturated heterocycles. The van der Waals surface area contributed by atoms with Gasteiger partial charge in [-0.2, -0.15) is 0 Å². The van der Waals surface area contributed by atoms with E-state index in [1.54, 1.807) is 0 Å². The number of hydrogen-bond donors (Lipinski definition) is 2. The summed E-state index contributed by atoms with van der Waals surface area (Å²) in [5, 5.41) is 8.00. The number of carbonyl (C=O) groups excluding carboxylic acids is 1. The molecule has 2 heterocycles. The maximum absolute atomic E-state index is 14.8. The molecule has 0 radical (unpaired) electrons. The highest BCUT2D eigenvalue weighted by Gasteiger charge is 2.61. The highest BCUT2D eigenvalue weighted by molar-refractivity contribution is 5.92. The van der Waals surface area contributed by atoms with Gasteiger partial charge >= 0.3 is 0 Å². The molecule has 0 amide bonds. The van der Waals surface area contributed by atoms with Crippen LogP contribution in [-0.4, -0.2) is 5.78 Å². The smallest absolute Gasteiger partial charge is 0.149 e. The molecule has 0 saturated carbocycles. The molecule has 4 aromatic rings. The average Bonchev–Trinajstić information content (AvgIpc) is 2.92. The first kappa shape index (κ1) is 22.0. The van der Waals surface area contributed by atoms with E-state index < -0.39 is 5.41 Å². The van der Waals surface area contributed by atoms with Crippen molar-refractivity contribution in [1.82, 2.24) is 10.6 Å².